The highest BCUT2D eigenvalue weighted by Gasteiger charge is 2.37. The Morgan fingerprint density at radius 2 is 1.92 bits per heavy atom. The number of nitrogens with one attached hydrogen (secondary N) is 1. The topological polar surface area (TPSA) is 52.7 Å². The van der Waals surface area contributed by atoms with Gasteiger partial charge in [0.05, 0.1) is 5.92 Å². The predicted octanol–water partition coefficient (Wildman–Crippen LogP) is 1.67. The molecule has 2 aliphatic rings. The minimum Gasteiger partial charge on any atom is -0.342 e. The van der Waals surface area contributed by atoms with E-state index in [0.717, 1.165) is 31.5 Å². The highest BCUT2D eigenvalue weighted by molar-refractivity contribution is 5.89. The molecule has 5 nitrogen and oxygen atoms in total. The van der Waals surface area contributed by atoms with Crippen LogP contribution in [-0.2, 0) is 16.1 Å². The van der Waals surface area contributed by atoms with E-state index >= 15 is 0 Å². The van der Waals surface area contributed by atoms with E-state index in [0.29, 0.717) is 25.6 Å². The highest BCUT2D eigenvalue weighted by atomic mass is 35.5. The van der Waals surface area contributed by atoms with E-state index in [1.54, 1.807) is 0 Å². The monoisotopic (exact) mass is 351 g/mol. The number of carbonyl (C=O) groups excluding carboxylic acids is 2. The Morgan fingerprint density at radius 3 is 2.58 bits per heavy atom. The molecule has 0 aromatic heterocycles. The first kappa shape index (κ1) is 18.7. The van der Waals surface area contributed by atoms with Crippen molar-refractivity contribution in [3.05, 3.63) is 35.9 Å². The first-order valence-electron chi connectivity index (χ1n) is 8.44. The van der Waals surface area contributed by atoms with E-state index in [9.17, 15) is 9.59 Å². The highest BCUT2D eigenvalue weighted by Crippen LogP contribution is 2.23. The van der Waals surface area contributed by atoms with Crippen LogP contribution in [0, 0.1) is 5.92 Å². The van der Waals surface area contributed by atoms with Crippen molar-refractivity contribution in [3.8, 4) is 0 Å². The van der Waals surface area contributed by atoms with Crippen molar-refractivity contribution in [1.82, 2.24) is 15.1 Å². The lowest BCUT2D eigenvalue weighted by Crippen LogP contribution is -2.46. The summed E-state index contributed by atoms with van der Waals surface area (Å²) in [6.07, 6.45) is 2.34. The number of benzene rings is 1. The Morgan fingerprint density at radius 1 is 1.25 bits per heavy atom. The number of likely N-dealkylation sites (tertiary alicyclic amines) is 1. The van der Waals surface area contributed by atoms with Crippen molar-refractivity contribution in [3.63, 3.8) is 0 Å². The molecule has 2 saturated heterocycles. The van der Waals surface area contributed by atoms with Crippen molar-refractivity contribution < 1.29 is 9.59 Å². The molecule has 2 fully saturated rings. The number of rotatable bonds is 4. The lowest BCUT2D eigenvalue weighted by Gasteiger charge is -2.33. The van der Waals surface area contributed by atoms with Gasteiger partial charge < -0.3 is 15.1 Å². The second-order valence-corrected chi connectivity index (χ2v) is 6.59. The molecule has 24 heavy (non-hydrogen) atoms. The van der Waals surface area contributed by atoms with Crippen molar-refractivity contribution >= 4 is 24.2 Å². The van der Waals surface area contributed by atoms with Crippen LogP contribution >= 0.6 is 12.4 Å². The van der Waals surface area contributed by atoms with Gasteiger partial charge in [0.1, 0.15) is 0 Å². The van der Waals surface area contributed by atoms with Gasteiger partial charge in [-0.15, -0.1) is 12.4 Å². The van der Waals surface area contributed by atoms with E-state index < -0.39 is 0 Å². The molecule has 132 valence electrons. The van der Waals surface area contributed by atoms with E-state index in [2.05, 4.69) is 5.32 Å². The fourth-order valence-corrected chi connectivity index (χ4v) is 3.56. The van der Waals surface area contributed by atoms with Crippen molar-refractivity contribution in [1.29, 1.82) is 0 Å². The zero-order chi connectivity index (χ0) is 16.2. The molecule has 2 heterocycles. The largest absolute Gasteiger partial charge is 0.342 e. The summed E-state index contributed by atoms with van der Waals surface area (Å²) >= 11 is 0. The molecular weight excluding hydrogens is 326 g/mol. The molecule has 0 saturated carbocycles. The summed E-state index contributed by atoms with van der Waals surface area (Å²) in [6.45, 7) is 3.07. The third-order valence-corrected chi connectivity index (χ3v) is 4.98. The SMILES string of the molecule is CN(C(=O)C1CC(=O)N(Cc2ccccc2)C1)C1CCNCC1.Cl. The molecule has 0 radical (unpaired) electrons. The second-order valence-electron chi connectivity index (χ2n) is 6.59. The molecule has 0 spiro atoms. The Bertz CT molecular complexity index is 561. The first-order chi connectivity index (χ1) is 11.1. The number of halogens is 1. The lowest BCUT2D eigenvalue weighted by molar-refractivity contribution is -0.137. The Hall–Kier alpha value is -1.59. The van der Waals surface area contributed by atoms with Crippen LogP contribution in [0.25, 0.3) is 0 Å². The predicted molar refractivity (Wildman–Crippen MR) is 95.9 cm³/mol. The number of piperidine rings is 1. The van der Waals surface area contributed by atoms with E-state index in [4.69, 9.17) is 0 Å². The second kappa shape index (κ2) is 8.49. The molecule has 2 aliphatic heterocycles. The van der Waals surface area contributed by atoms with Crippen molar-refractivity contribution in [2.75, 3.05) is 26.7 Å². The fraction of sp³-hybridized carbons (Fsp3) is 0.556. The van der Waals surface area contributed by atoms with Gasteiger partial charge in [0.25, 0.3) is 0 Å². The van der Waals surface area contributed by atoms with Crippen LogP contribution in [0.2, 0.25) is 0 Å². The number of nitrogens with zero attached hydrogens (tertiary/aromatic N) is 2. The molecule has 1 aromatic rings. The van der Waals surface area contributed by atoms with E-state index in [1.165, 1.54) is 0 Å². The van der Waals surface area contributed by atoms with Crippen LogP contribution in [0.15, 0.2) is 30.3 Å². The van der Waals surface area contributed by atoms with Gasteiger partial charge in [-0.1, -0.05) is 30.3 Å². The third kappa shape index (κ3) is 4.28. The summed E-state index contributed by atoms with van der Waals surface area (Å²) in [5, 5.41) is 3.32. The maximum atomic E-state index is 12.7. The van der Waals surface area contributed by atoms with Gasteiger partial charge in [-0.25, -0.2) is 0 Å². The lowest BCUT2D eigenvalue weighted by atomic mass is 10.0. The molecular formula is C18H26ClN3O2. The van der Waals surface area contributed by atoms with Gasteiger partial charge in [0.15, 0.2) is 0 Å². The summed E-state index contributed by atoms with van der Waals surface area (Å²) in [5.74, 6) is 0.0258. The number of carbonyl (C=O) groups is 2. The van der Waals surface area contributed by atoms with Crippen LogP contribution in [0.3, 0.4) is 0 Å². The van der Waals surface area contributed by atoms with Gasteiger partial charge >= 0.3 is 0 Å². The smallest absolute Gasteiger partial charge is 0.227 e. The van der Waals surface area contributed by atoms with Crippen molar-refractivity contribution in [2.24, 2.45) is 5.92 Å². The van der Waals surface area contributed by atoms with E-state index in [1.807, 2.05) is 47.2 Å². The average Bonchev–Trinajstić information content (AvgIpc) is 2.96. The van der Waals surface area contributed by atoms with Gasteiger partial charge in [0.2, 0.25) is 11.8 Å². The standard InChI is InChI=1S/C18H25N3O2.ClH/c1-20(16-7-9-19-10-8-16)18(23)15-11-17(22)21(13-15)12-14-5-3-2-4-6-14;/h2-6,15-16,19H,7-13H2,1H3;1H. The quantitative estimate of drug-likeness (QED) is 0.897. The van der Waals surface area contributed by atoms with Gasteiger partial charge in [-0.3, -0.25) is 9.59 Å². The van der Waals surface area contributed by atoms with Crippen LogP contribution in [0.1, 0.15) is 24.8 Å². The first-order valence-corrected chi connectivity index (χ1v) is 8.44. The molecule has 1 aromatic carbocycles. The average molecular weight is 352 g/mol. The molecule has 1 atom stereocenters. The zero-order valence-corrected chi connectivity index (χ0v) is 14.9. The normalized spacial score (nSPS) is 21.5. The van der Waals surface area contributed by atoms with Gasteiger partial charge in [-0.2, -0.15) is 0 Å². The number of hydrogen-bond acceptors (Lipinski definition) is 3. The number of hydrogen-bond donors (Lipinski definition) is 1. The molecule has 2 amide bonds. The minimum absolute atomic E-state index is 0. The molecule has 0 bridgehead atoms. The Labute approximate surface area is 149 Å². The summed E-state index contributed by atoms with van der Waals surface area (Å²) in [5.41, 5.74) is 1.11. The van der Waals surface area contributed by atoms with Crippen LogP contribution in [-0.4, -0.2) is 54.3 Å². The Kier molecular flexibility index (Phi) is 6.63. The maximum absolute atomic E-state index is 12.7. The van der Waals surface area contributed by atoms with Gasteiger partial charge in [0, 0.05) is 32.6 Å². The molecule has 6 heteroatoms. The summed E-state index contributed by atoms with van der Waals surface area (Å²) < 4.78 is 0. The van der Waals surface area contributed by atoms with Crippen LogP contribution in [0.4, 0.5) is 0 Å². The molecule has 1 unspecified atom stereocenters. The fourth-order valence-electron chi connectivity index (χ4n) is 3.56. The summed E-state index contributed by atoms with van der Waals surface area (Å²) in [4.78, 5) is 28.6. The Balaban J connectivity index is 0.00000208. The zero-order valence-electron chi connectivity index (χ0n) is 14.1. The number of amides is 2. The third-order valence-electron chi connectivity index (χ3n) is 4.98. The van der Waals surface area contributed by atoms with Crippen LogP contribution < -0.4 is 5.32 Å². The minimum atomic E-state index is -0.189. The van der Waals surface area contributed by atoms with Crippen molar-refractivity contribution in [2.45, 2.75) is 31.8 Å². The maximum Gasteiger partial charge on any atom is 0.227 e. The molecule has 3 rings (SSSR count). The van der Waals surface area contributed by atoms with Crippen LogP contribution in [0.5, 0.6) is 0 Å². The van der Waals surface area contributed by atoms with E-state index in [-0.39, 0.29) is 30.1 Å². The molecule has 0 aliphatic carbocycles. The molecule has 1 N–H and O–H groups in total. The van der Waals surface area contributed by atoms with Gasteiger partial charge in [-0.05, 0) is 31.5 Å². The summed E-state index contributed by atoms with van der Waals surface area (Å²) in [6, 6.07) is 10.3. The summed E-state index contributed by atoms with van der Waals surface area (Å²) in [7, 11) is 1.89.